The molecule has 0 unspecified atom stereocenters. The van der Waals surface area contributed by atoms with E-state index in [9.17, 15) is 26.7 Å². The van der Waals surface area contributed by atoms with Crippen LogP contribution in [0, 0.1) is 6.92 Å². The van der Waals surface area contributed by atoms with Crippen molar-refractivity contribution in [2.75, 3.05) is 37.4 Å². The third kappa shape index (κ3) is 5.03. The number of likely N-dealkylation sites (tertiary alicyclic amines) is 1. The van der Waals surface area contributed by atoms with E-state index < -0.39 is 43.7 Å². The number of nitrogens with one attached hydrogen (secondary N) is 2. The van der Waals surface area contributed by atoms with E-state index in [2.05, 4.69) is 30.7 Å². The minimum Gasteiger partial charge on any atom is -0.387 e. The summed E-state index contributed by atoms with van der Waals surface area (Å²) in [7, 11) is 1.58. The van der Waals surface area contributed by atoms with Gasteiger partial charge in [-0.05, 0) is 31.5 Å². The summed E-state index contributed by atoms with van der Waals surface area (Å²) in [6, 6.07) is 3.48. The van der Waals surface area contributed by atoms with Gasteiger partial charge in [-0.2, -0.15) is 18.2 Å². The van der Waals surface area contributed by atoms with Crippen LogP contribution < -0.4 is 10.6 Å². The fourth-order valence-electron chi connectivity index (χ4n) is 4.69. The number of amides is 1. The minimum atomic E-state index is -4.46. The Kier molecular flexibility index (Phi) is 6.52. The van der Waals surface area contributed by atoms with Gasteiger partial charge in [0.05, 0.1) is 18.3 Å². The number of halogens is 5. The molecule has 1 amide bonds. The number of rotatable bonds is 6. The lowest BCUT2D eigenvalue weighted by atomic mass is 10.0. The van der Waals surface area contributed by atoms with Crippen LogP contribution in [-0.4, -0.2) is 89.9 Å². The van der Waals surface area contributed by atoms with Crippen LogP contribution in [0.15, 0.2) is 24.4 Å². The molecule has 208 valence electrons. The standard InChI is InChI=1S/C23H24F5N9O2/c1-12-30-15-4-3-14(31-20(15)36(12)11-23(26,27)28)13-5-8-37-18(13)19(29-2)33-21(34-37)32-16-6-7-35(17(39)9-38)10-22(16,24)25/h3-5,8,16,38H,6-7,9-11H2,1-2H3,(H2,29,32,33,34)/t16-/m1/s1. The average Bonchev–Trinajstić information content (AvgIpc) is 3.43. The second-order valence-corrected chi connectivity index (χ2v) is 9.18. The highest BCUT2D eigenvalue weighted by Gasteiger charge is 2.46. The lowest BCUT2D eigenvalue weighted by Crippen LogP contribution is -2.56. The van der Waals surface area contributed by atoms with Crippen LogP contribution in [0.25, 0.3) is 27.9 Å². The van der Waals surface area contributed by atoms with Crippen LogP contribution in [0.2, 0.25) is 0 Å². The summed E-state index contributed by atoms with van der Waals surface area (Å²) in [6.07, 6.45) is -3.00. The highest BCUT2D eigenvalue weighted by Crippen LogP contribution is 2.33. The van der Waals surface area contributed by atoms with E-state index in [0.29, 0.717) is 22.3 Å². The molecule has 0 bridgehead atoms. The molecule has 4 aromatic rings. The van der Waals surface area contributed by atoms with Crippen molar-refractivity contribution in [1.29, 1.82) is 0 Å². The number of carbonyl (C=O) groups is 1. The Morgan fingerprint density at radius 1 is 1.21 bits per heavy atom. The number of anilines is 2. The predicted octanol–water partition coefficient (Wildman–Crippen LogP) is 2.69. The summed E-state index contributed by atoms with van der Waals surface area (Å²) in [5.74, 6) is -3.73. The number of hydrogen-bond acceptors (Lipinski definition) is 8. The number of aryl methyl sites for hydroxylation is 1. The Labute approximate surface area is 217 Å². The first-order chi connectivity index (χ1) is 18.4. The number of pyridine rings is 1. The van der Waals surface area contributed by atoms with Crippen LogP contribution >= 0.6 is 0 Å². The van der Waals surface area contributed by atoms with Gasteiger partial charge in [0.1, 0.15) is 30.0 Å². The molecule has 1 fully saturated rings. The van der Waals surface area contributed by atoms with Crippen molar-refractivity contribution in [1.82, 2.24) is 34.0 Å². The van der Waals surface area contributed by atoms with Crippen LogP contribution in [0.5, 0.6) is 0 Å². The molecule has 0 aromatic carbocycles. The zero-order valence-corrected chi connectivity index (χ0v) is 20.8. The number of carbonyl (C=O) groups excluding carboxylic acids is 1. The molecule has 1 aliphatic heterocycles. The number of aliphatic hydroxyl groups is 1. The maximum atomic E-state index is 14.8. The molecule has 11 nitrogen and oxygen atoms in total. The van der Waals surface area contributed by atoms with Gasteiger partial charge in [-0.3, -0.25) is 4.79 Å². The molecule has 16 heteroatoms. The van der Waals surface area contributed by atoms with Crippen LogP contribution in [0.3, 0.4) is 0 Å². The van der Waals surface area contributed by atoms with E-state index in [0.717, 1.165) is 9.47 Å². The Morgan fingerprint density at radius 3 is 2.64 bits per heavy atom. The molecule has 1 atom stereocenters. The zero-order valence-electron chi connectivity index (χ0n) is 20.8. The molecule has 0 radical (unpaired) electrons. The van der Waals surface area contributed by atoms with Crippen molar-refractivity contribution >= 4 is 34.4 Å². The maximum absolute atomic E-state index is 14.8. The Morgan fingerprint density at radius 2 is 1.97 bits per heavy atom. The van der Waals surface area contributed by atoms with Crippen LogP contribution in [0.4, 0.5) is 33.7 Å². The smallest absolute Gasteiger partial charge is 0.387 e. The van der Waals surface area contributed by atoms with E-state index in [4.69, 9.17) is 5.11 Å². The quantitative estimate of drug-likeness (QED) is 0.312. The van der Waals surface area contributed by atoms with Crippen molar-refractivity contribution in [3.8, 4) is 11.3 Å². The minimum absolute atomic E-state index is 0.0278. The normalized spacial score (nSPS) is 17.6. The van der Waals surface area contributed by atoms with Gasteiger partial charge in [0.25, 0.3) is 5.92 Å². The number of nitrogens with zero attached hydrogens (tertiary/aromatic N) is 7. The number of piperidine rings is 1. The highest BCUT2D eigenvalue weighted by atomic mass is 19.4. The largest absolute Gasteiger partial charge is 0.406 e. The third-order valence-corrected chi connectivity index (χ3v) is 6.53. The maximum Gasteiger partial charge on any atom is 0.406 e. The number of aliphatic hydroxyl groups excluding tert-OH is 1. The van der Waals surface area contributed by atoms with Crippen molar-refractivity contribution in [3.63, 3.8) is 0 Å². The summed E-state index contributed by atoms with van der Waals surface area (Å²) < 4.78 is 71.4. The van der Waals surface area contributed by atoms with Gasteiger partial charge in [-0.1, -0.05) is 0 Å². The summed E-state index contributed by atoms with van der Waals surface area (Å²) >= 11 is 0. The van der Waals surface area contributed by atoms with Gasteiger partial charge in [0, 0.05) is 25.4 Å². The van der Waals surface area contributed by atoms with Gasteiger partial charge in [-0.25, -0.2) is 23.3 Å². The van der Waals surface area contributed by atoms with Gasteiger partial charge in [0.15, 0.2) is 11.5 Å². The second kappa shape index (κ2) is 9.59. The summed E-state index contributed by atoms with van der Waals surface area (Å²) in [4.78, 5) is 25.5. The van der Waals surface area contributed by atoms with Crippen molar-refractivity contribution in [3.05, 3.63) is 30.2 Å². The molecule has 1 aliphatic rings. The lowest BCUT2D eigenvalue weighted by molar-refractivity contribution is -0.145. The molecular weight excluding hydrogens is 529 g/mol. The van der Waals surface area contributed by atoms with Gasteiger partial charge >= 0.3 is 6.18 Å². The van der Waals surface area contributed by atoms with Crippen molar-refractivity contribution < 1.29 is 31.9 Å². The van der Waals surface area contributed by atoms with Crippen LogP contribution in [-0.2, 0) is 11.3 Å². The molecule has 0 spiro atoms. The number of hydrogen-bond donors (Lipinski definition) is 3. The van der Waals surface area contributed by atoms with Crippen LogP contribution in [0.1, 0.15) is 12.2 Å². The molecule has 1 saturated heterocycles. The lowest BCUT2D eigenvalue weighted by Gasteiger charge is -2.38. The molecule has 39 heavy (non-hydrogen) atoms. The molecule has 0 aliphatic carbocycles. The van der Waals surface area contributed by atoms with E-state index in [1.807, 2.05) is 0 Å². The monoisotopic (exact) mass is 553 g/mol. The summed E-state index contributed by atoms with van der Waals surface area (Å²) in [6.45, 7) is -1.43. The molecule has 3 N–H and O–H groups in total. The highest BCUT2D eigenvalue weighted by molar-refractivity contribution is 5.89. The van der Waals surface area contributed by atoms with Gasteiger partial charge in [-0.15, -0.1) is 5.10 Å². The SMILES string of the molecule is CNc1nc(N[C@@H]2CCN(C(=O)CO)CC2(F)F)nn2ccc(-c3ccc4nc(C)n(CC(F)(F)F)c4n3)c12. The van der Waals surface area contributed by atoms with E-state index >= 15 is 0 Å². The number of fused-ring (bicyclic) bond motifs is 2. The van der Waals surface area contributed by atoms with Gasteiger partial charge < -0.3 is 25.2 Å². The zero-order chi connectivity index (χ0) is 28.1. The average molecular weight is 553 g/mol. The Balaban J connectivity index is 1.48. The first-order valence-corrected chi connectivity index (χ1v) is 11.9. The Bertz CT molecular complexity index is 1550. The first kappa shape index (κ1) is 26.5. The van der Waals surface area contributed by atoms with Crippen molar-refractivity contribution in [2.24, 2.45) is 0 Å². The Hall–Kier alpha value is -4.08. The first-order valence-electron chi connectivity index (χ1n) is 11.9. The summed E-state index contributed by atoms with van der Waals surface area (Å²) in [5.41, 5.74) is 1.67. The fraction of sp³-hybridized carbons (Fsp3) is 0.435. The third-order valence-electron chi connectivity index (χ3n) is 6.53. The fourth-order valence-corrected chi connectivity index (χ4v) is 4.69. The van der Waals surface area contributed by atoms with Crippen molar-refractivity contribution in [2.45, 2.75) is 38.0 Å². The number of alkyl halides is 5. The topological polar surface area (TPSA) is 126 Å². The van der Waals surface area contributed by atoms with E-state index in [-0.39, 0.29) is 36.2 Å². The molecule has 5 heterocycles. The predicted molar refractivity (Wildman–Crippen MR) is 130 cm³/mol. The molecule has 4 aromatic heterocycles. The summed E-state index contributed by atoms with van der Waals surface area (Å²) in [5, 5.41) is 18.8. The van der Waals surface area contributed by atoms with E-state index in [1.165, 1.54) is 11.4 Å². The molecule has 0 saturated carbocycles. The molecular formula is C23H24F5N9O2. The molecule has 5 rings (SSSR count). The number of imidazole rings is 1. The van der Waals surface area contributed by atoms with Gasteiger partial charge in [0.2, 0.25) is 11.9 Å². The van der Waals surface area contributed by atoms with E-state index in [1.54, 1.807) is 31.4 Å². The number of aromatic nitrogens is 6. The second-order valence-electron chi connectivity index (χ2n) is 9.18.